The first-order chi connectivity index (χ1) is 9.54. The van der Waals surface area contributed by atoms with Gasteiger partial charge in [0.1, 0.15) is 17.5 Å². The van der Waals surface area contributed by atoms with Crippen molar-refractivity contribution in [3.63, 3.8) is 0 Å². The van der Waals surface area contributed by atoms with Crippen LogP contribution in [0.3, 0.4) is 0 Å². The van der Waals surface area contributed by atoms with E-state index in [4.69, 9.17) is 13.1 Å². The Morgan fingerprint density at radius 2 is 1.95 bits per heavy atom. The summed E-state index contributed by atoms with van der Waals surface area (Å²) in [6.45, 7) is 20.0. The highest BCUT2D eigenvalue weighted by molar-refractivity contribution is 5.60. The molecule has 6 nitrogen and oxygen atoms in total. The van der Waals surface area contributed by atoms with Gasteiger partial charge in [0.2, 0.25) is 0 Å². The average Bonchev–Trinajstić information content (AvgIpc) is 2.85. The van der Waals surface area contributed by atoms with Crippen molar-refractivity contribution in [1.82, 2.24) is 14.6 Å². The van der Waals surface area contributed by atoms with Gasteiger partial charge < -0.3 is 0 Å². The lowest BCUT2D eigenvalue weighted by atomic mass is 10.1. The van der Waals surface area contributed by atoms with Gasteiger partial charge in [-0.05, 0) is 18.6 Å². The van der Waals surface area contributed by atoms with Crippen LogP contribution >= 0.6 is 0 Å². The van der Waals surface area contributed by atoms with E-state index in [1.807, 2.05) is 13.8 Å². The minimum Gasteiger partial charge on any atom is -0.267 e. The van der Waals surface area contributed by atoms with E-state index in [0.717, 1.165) is 0 Å². The zero-order valence-electron chi connectivity index (χ0n) is 11.4. The highest BCUT2D eigenvalue weighted by Crippen LogP contribution is 2.27. The van der Waals surface area contributed by atoms with E-state index in [2.05, 4.69) is 26.0 Å². The van der Waals surface area contributed by atoms with Crippen LogP contribution in [-0.4, -0.2) is 14.6 Å². The Balaban J connectivity index is 2.96. The maximum absolute atomic E-state index is 9.26. The van der Waals surface area contributed by atoms with Crippen LogP contribution in [-0.2, 0) is 0 Å². The van der Waals surface area contributed by atoms with Crippen LogP contribution in [0.4, 0.5) is 0 Å². The molecule has 2 aromatic heterocycles. The molecule has 20 heavy (non-hydrogen) atoms. The second-order valence-corrected chi connectivity index (χ2v) is 4.74. The summed E-state index contributed by atoms with van der Waals surface area (Å²) in [4.78, 5) is 6.68. The van der Waals surface area contributed by atoms with Crippen LogP contribution in [0, 0.1) is 31.4 Å². The lowest BCUT2D eigenvalue weighted by Crippen LogP contribution is -2.07. The van der Waals surface area contributed by atoms with E-state index in [0.29, 0.717) is 28.3 Å². The summed E-state index contributed by atoms with van der Waals surface area (Å²) >= 11 is 0. The van der Waals surface area contributed by atoms with Crippen LogP contribution in [0.15, 0.2) is 6.07 Å². The molecule has 0 unspecified atom stereocenters. The molecule has 2 rings (SSSR count). The third-order valence-corrected chi connectivity index (χ3v) is 3.07. The van der Waals surface area contributed by atoms with Crippen molar-refractivity contribution in [2.75, 3.05) is 0 Å². The Morgan fingerprint density at radius 3 is 2.45 bits per heavy atom. The number of hydrogen-bond donors (Lipinski definition) is 0. The lowest BCUT2D eigenvalue weighted by molar-refractivity contribution is 0.740. The fourth-order valence-corrected chi connectivity index (χ4v) is 2.11. The summed E-state index contributed by atoms with van der Waals surface area (Å²) in [5, 5.41) is 17.4. The van der Waals surface area contributed by atoms with Crippen LogP contribution < -0.4 is 0 Å². The first-order valence-corrected chi connectivity index (χ1v) is 6.06. The summed E-state index contributed by atoms with van der Waals surface area (Å²) < 4.78 is 1.68. The monoisotopic (exact) mass is 264 g/mol. The second kappa shape index (κ2) is 4.99. The van der Waals surface area contributed by atoms with Crippen molar-refractivity contribution in [2.45, 2.75) is 32.9 Å². The Kier molecular flexibility index (Phi) is 3.37. The third kappa shape index (κ3) is 1.86. The minimum atomic E-state index is -0.947. The smallest absolute Gasteiger partial charge is 0.267 e. The summed E-state index contributed by atoms with van der Waals surface area (Å²) in [6.07, 6.45) is -0.947. The van der Waals surface area contributed by atoms with E-state index in [-0.39, 0.29) is 5.92 Å². The van der Waals surface area contributed by atoms with Crippen molar-refractivity contribution in [3.05, 3.63) is 51.5 Å². The molecule has 0 aliphatic heterocycles. The number of fused-ring (bicyclic) bond motifs is 1. The fourth-order valence-electron chi connectivity index (χ4n) is 2.11. The van der Waals surface area contributed by atoms with Gasteiger partial charge in [-0.25, -0.2) is 22.8 Å². The molecule has 0 spiro atoms. The molecule has 0 aliphatic rings. The largest absolute Gasteiger partial charge is 0.517 e. The minimum absolute atomic E-state index is 0.0788. The van der Waals surface area contributed by atoms with Crippen molar-refractivity contribution in [1.29, 1.82) is 5.26 Å². The Morgan fingerprint density at radius 1 is 1.30 bits per heavy atom. The fraction of sp³-hybridized carbons (Fsp3) is 0.357. The van der Waals surface area contributed by atoms with Gasteiger partial charge in [0.25, 0.3) is 0 Å². The van der Waals surface area contributed by atoms with E-state index in [9.17, 15) is 5.26 Å². The number of nitriles is 1. The number of rotatable bonds is 2. The number of nitrogens with zero attached hydrogens (tertiary/aromatic N) is 6. The standard InChI is InChI=1S/C14H12N6/c1-8(2)13-18-19-14-10(7-15)9(3)6-11(20(13)14)12(16-4)17-5/h6,8,12H,1-3H3. The van der Waals surface area contributed by atoms with Crippen molar-refractivity contribution in [3.8, 4) is 6.07 Å². The van der Waals surface area contributed by atoms with Gasteiger partial charge in [-0.3, -0.25) is 4.40 Å². The average molecular weight is 264 g/mol. The van der Waals surface area contributed by atoms with Crippen LogP contribution in [0.1, 0.15) is 48.6 Å². The van der Waals surface area contributed by atoms with Gasteiger partial charge in [-0.1, -0.05) is 13.8 Å². The molecule has 2 heterocycles. The quantitative estimate of drug-likeness (QED) is 0.783. The molecular formula is C14H12N6. The van der Waals surface area contributed by atoms with Gasteiger partial charge >= 0.3 is 6.17 Å². The molecule has 0 N–H and O–H groups in total. The van der Waals surface area contributed by atoms with Crippen molar-refractivity contribution < 1.29 is 0 Å². The van der Waals surface area contributed by atoms with Gasteiger partial charge in [0.15, 0.2) is 11.3 Å². The third-order valence-electron chi connectivity index (χ3n) is 3.07. The topological polar surface area (TPSA) is 62.7 Å². The Bertz CT molecular complexity index is 780. The SMILES string of the molecule is [C-]#[N+]C([N+]#[C-])c1cc(C)c(C#N)c2nnc(C(C)C)n12. The lowest BCUT2D eigenvalue weighted by Gasteiger charge is -2.08. The molecule has 0 aromatic carbocycles. The molecule has 0 amide bonds. The van der Waals surface area contributed by atoms with Crippen LogP contribution in [0.2, 0.25) is 0 Å². The number of hydrogen-bond acceptors (Lipinski definition) is 3. The number of pyridine rings is 1. The summed E-state index contributed by atoms with van der Waals surface area (Å²) in [6, 6.07) is 3.82. The summed E-state index contributed by atoms with van der Waals surface area (Å²) in [7, 11) is 0. The van der Waals surface area contributed by atoms with Gasteiger partial charge in [0.05, 0.1) is 0 Å². The normalized spacial score (nSPS) is 10.5. The van der Waals surface area contributed by atoms with E-state index < -0.39 is 6.17 Å². The van der Waals surface area contributed by atoms with Gasteiger partial charge in [-0.15, -0.1) is 10.2 Å². The summed E-state index contributed by atoms with van der Waals surface area (Å²) in [5.41, 5.74) is 2.08. The van der Waals surface area contributed by atoms with E-state index in [1.54, 1.807) is 17.4 Å². The predicted octanol–water partition coefficient (Wildman–Crippen LogP) is 2.87. The van der Waals surface area contributed by atoms with Crippen molar-refractivity contribution in [2.24, 2.45) is 0 Å². The summed E-state index contributed by atoms with van der Waals surface area (Å²) in [5.74, 6) is 0.735. The van der Waals surface area contributed by atoms with Crippen molar-refractivity contribution >= 4 is 5.65 Å². The maximum Gasteiger partial charge on any atom is 0.517 e. The molecule has 0 saturated heterocycles. The Hall–Kier alpha value is -2.91. The van der Waals surface area contributed by atoms with Gasteiger partial charge in [0, 0.05) is 5.92 Å². The molecule has 2 aromatic rings. The number of aromatic nitrogens is 3. The molecular weight excluding hydrogens is 252 g/mol. The van der Waals surface area contributed by atoms with E-state index >= 15 is 0 Å². The zero-order chi connectivity index (χ0) is 14.9. The maximum atomic E-state index is 9.26. The molecule has 6 heteroatoms. The zero-order valence-corrected chi connectivity index (χ0v) is 11.4. The number of aryl methyl sites for hydroxylation is 1. The molecule has 0 aliphatic carbocycles. The molecule has 0 atom stereocenters. The second-order valence-electron chi connectivity index (χ2n) is 4.74. The highest BCUT2D eigenvalue weighted by Gasteiger charge is 2.28. The molecule has 98 valence electrons. The molecule has 0 saturated carbocycles. The first-order valence-electron chi connectivity index (χ1n) is 6.06. The van der Waals surface area contributed by atoms with Crippen LogP contribution in [0.25, 0.3) is 15.3 Å². The Labute approximate surface area is 116 Å². The predicted molar refractivity (Wildman–Crippen MR) is 72.5 cm³/mol. The van der Waals surface area contributed by atoms with Crippen LogP contribution in [0.5, 0.6) is 0 Å². The molecule has 0 fully saturated rings. The first kappa shape index (κ1) is 13.5. The highest BCUT2D eigenvalue weighted by atomic mass is 15.3. The van der Waals surface area contributed by atoms with E-state index in [1.165, 1.54) is 0 Å². The molecule has 0 radical (unpaired) electrons. The van der Waals surface area contributed by atoms with Gasteiger partial charge in [-0.2, -0.15) is 5.26 Å². The molecule has 0 bridgehead atoms.